The van der Waals surface area contributed by atoms with E-state index in [1.54, 1.807) is 0 Å². The van der Waals surface area contributed by atoms with Crippen molar-refractivity contribution < 1.29 is 30.4 Å². The molecule has 0 saturated heterocycles. The van der Waals surface area contributed by atoms with Crippen LogP contribution in [-0.4, -0.2) is 18.7 Å². The summed E-state index contributed by atoms with van der Waals surface area (Å²) in [6.07, 6.45) is 5.62. The van der Waals surface area contributed by atoms with Gasteiger partial charge in [0, 0.05) is 66.2 Å². The Labute approximate surface area is 478 Å². The summed E-state index contributed by atoms with van der Waals surface area (Å²) in [7, 11) is 2.11. The van der Waals surface area contributed by atoms with Gasteiger partial charge in [0.05, 0.1) is 29.1 Å². The molecule has 79 heavy (non-hydrogen) atoms. The molecule has 0 radical (unpaired) electrons. The van der Waals surface area contributed by atoms with Gasteiger partial charge in [-0.15, -0.1) is 35.2 Å². The van der Waals surface area contributed by atoms with Crippen LogP contribution in [-0.2, 0) is 55.2 Å². The van der Waals surface area contributed by atoms with Crippen molar-refractivity contribution in [3.8, 4) is 39.8 Å². The molecule has 0 bridgehead atoms. The van der Waals surface area contributed by atoms with Gasteiger partial charge in [-0.3, -0.25) is 0 Å². The van der Waals surface area contributed by atoms with Crippen molar-refractivity contribution in [2.45, 2.75) is 110 Å². The molecule has 1 aliphatic heterocycles. The third-order valence-corrected chi connectivity index (χ3v) is 17.0. The second kappa shape index (κ2) is 17.2. The number of benzene rings is 8. The summed E-state index contributed by atoms with van der Waals surface area (Å²) in [6, 6.07) is 63.6. The molecule has 396 valence electrons. The first-order chi connectivity index (χ1) is 37.1. The van der Waals surface area contributed by atoms with Gasteiger partial charge in [-0.1, -0.05) is 179 Å². The number of pyridine rings is 1. The quantitative estimate of drug-likeness (QED) is 0.130. The molecule has 7 heteroatoms. The van der Waals surface area contributed by atoms with Crippen LogP contribution < -0.4 is 9.30 Å². The summed E-state index contributed by atoms with van der Waals surface area (Å²) in [6.45, 7) is 28.5. The minimum Gasteiger partial charge on any atom is -0.510 e. The maximum atomic E-state index is 7.08. The molecule has 14 rings (SSSR count). The number of hydrogen-bond donors (Lipinski definition) is 0. The van der Waals surface area contributed by atoms with Crippen molar-refractivity contribution in [1.82, 2.24) is 18.7 Å². The second-order valence-electron chi connectivity index (χ2n) is 26.2. The van der Waals surface area contributed by atoms with Crippen LogP contribution in [0.2, 0.25) is 0 Å². The average Bonchev–Trinajstić information content (AvgIpc) is 2.10. The average molecular weight is 1210 g/mol. The van der Waals surface area contributed by atoms with E-state index in [9.17, 15) is 0 Å². The Balaban J connectivity index is 0.00000591. The van der Waals surface area contributed by atoms with Crippen molar-refractivity contribution in [2.24, 2.45) is 7.05 Å². The first kappa shape index (κ1) is 50.9. The Hall–Kier alpha value is -7.53. The van der Waals surface area contributed by atoms with Gasteiger partial charge < -0.3 is 23.0 Å². The molecule has 4 aromatic heterocycles. The molecule has 12 aromatic rings. The smallest absolute Gasteiger partial charge is 0.242 e. The van der Waals surface area contributed by atoms with Crippen LogP contribution in [0.4, 0.5) is 0 Å². The number of imidazole rings is 1. The first-order valence-electron chi connectivity index (χ1n) is 27.6. The zero-order chi connectivity index (χ0) is 54.2. The van der Waals surface area contributed by atoms with Gasteiger partial charge in [-0.05, 0) is 120 Å². The predicted octanol–water partition coefficient (Wildman–Crippen LogP) is 17.1. The van der Waals surface area contributed by atoms with E-state index in [0.29, 0.717) is 11.5 Å². The number of aromatic nitrogens is 5. The Morgan fingerprint density at radius 2 is 1.09 bits per heavy atom. The van der Waals surface area contributed by atoms with Crippen LogP contribution in [0.15, 0.2) is 158 Å². The molecule has 0 amide bonds. The molecule has 8 aromatic carbocycles. The molecule has 2 aliphatic rings. The van der Waals surface area contributed by atoms with Crippen LogP contribution in [0.1, 0.15) is 128 Å². The van der Waals surface area contributed by atoms with Gasteiger partial charge in [0.25, 0.3) is 0 Å². The Morgan fingerprint density at radius 1 is 0.506 bits per heavy atom. The van der Waals surface area contributed by atoms with Crippen molar-refractivity contribution in [3.63, 3.8) is 0 Å². The minimum atomic E-state index is -0.714. The number of ether oxygens (including phenoxy) is 1. The summed E-state index contributed by atoms with van der Waals surface area (Å²) in [5.41, 5.74) is 20.5. The van der Waals surface area contributed by atoms with E-state index in [4.69, 9.17) is 9.72 Å². The Bertz CT molecular complexity index is 4390. The van der Waals surface area contributed by atoms with Crippen molar-refractivity contribution >= 4 is 54.6 Å². The molecule has 0 saturated carbocycles. The standard InChI is InChI=1S/C72H65N5O.Pt/c1-68(2,3)43-35-52-53-36-44(69(4,5)6)38-57(71(10,11)12)66(53)72(65(52)56(37-43)70(7,8)9)54-32-30-47(41-63(54)75-42-74(13)61-26-20-23-55(72)67(61)75)78-46-29-31-50-51-39-45(28-33-60(51)77(62(50)40-46)64-27-18-19-34-73-64)76-58-24-16-14-21-48(58)49-22-15-17-25-59(49)76;/h14-39H,1-13H3;/q-2;. The summed E-state index contributed by atoms with van der Waals surface area (Å²) in [5.74, 6) is 2.00. The summed E-state index contributed by atoms with van der Waals surface area (Å²) < 4.78 is 16.1. The van der Waals surface area contributed by atoms with E-state index >= 15 is 0 Å². The van der Waals surface area contributed by atoms with E-state index in [2.05, 4.69) is 266 Å². The molecule has 5 heterocycles. The van der Waals surface area contributed by atoms with E-state index in [1.807, 2.05) is 18.3 Å². The van der Waals surface area contributed by atoms with E-state index in [1.165, 1.54) is 77.4 Å². The molecule has 0 N–H and O–H groups in total. The fraction of sp³-hybridized carbons (Fsp3) is 0.250. The maximum absolute atomic E-state index is 7.08. The van der Waals surface area contributed by atoms with Gasteiger partial charge in [0.1, 0.15) is 5.82 Å². The van der Waals surface area contributed by atoms with Gasteiger partial charge in [0.15, 0.2) is 0 Å². The van der Waals surface area contributed by atoms with Gasteiger partial charge >= 0.3 is 0 Å². The molecule has 0 unspecified atom stereocenters. The normalized spacial score (nSPS) is 13.9. The predicted molar refractivity (Wildman–Crippen MR) is 320 cm³/mol. The summed E-state index contributed by atoms with van der Waals surface area (Å²) in [5, 5.41) is 4.63. The molecular formula is C72H65N5OPt-2. The molecular weight excluding hydrogens is 1150 g/mol. The minimum absolute atomic E-state index is 0. The van der Waals surface area contributed by atoms with Gasteiger partial charge in [0.2, 0.25) is 6.33 Å². The number of nitrogens with zero attached hydrogens (tertiary/aromatic N) is 5. The Morgan fingerprint density at radius 3 is 1.68 bits per heavy atom. The molecule has 0 fully saturated rings. The largest absolute Gasteiger partial charge is 0.510 e. The molecule has 1 spiro atoms. The van der Waals surface area contributed by atoms with Crippen LogP contribution in [0.5, 0.6) is 11.5 Å². The third-order valence-electron chi connectivity index (χ3n) is 17.0. The maximum Gasteiger partial charge on any atom is 0.242 e. The monoisotopic (exact) mass is 1210 g/mol. The SMILES string of the molecule is C[n+]1[c-]n2c3c(cccc31)C1(c3ccc(Oc4[c-]c5c(cc4)c4cc(-n6c7ccccc7c7ccccc76)ccc4n5-c4ccccn4)[c-]c3-2)c2c(cc(C(C)(C)C)cc2C(C)(C)C)-c2cc(C(C)(C)C)cc(C(C)(C)C)c21.[Pt]. The van der Waals surface area contributed by atoms with Crippen molar-refractivity contribution in [2.75, 3.05) is 0 Å². The zero-order valence-corrected chi connectivity index (χ0v) is 49.7. The molecule has 1 aliphatic carbocycles. The van der Waals surface area contributed by atoms with Crippen LogP contribution in [0.25, 0.3) is 83.0 Å². The Kier molecular flexibility index (Phi) is 11.1. The summed E-state index contributed by atoms with van der Waals surface area (Å²) >= 11 is 0. The number of para-hydroxylation sites is 3. The molecule has 0 atom stereocenters. The summed E-state index contributed by atoms with van der Waals surface area (Å²) in [4.78, 5) is 4.90. The second-order valence-corrected chi connectivity index (χ2v) is 26.2. The molecule has 6 nitrogen and oxygen atoms in total. The van der Waals surface area contributed by atoms with Crippen molar-refractivity contribution in [3.05, 3.63) is 221 Å². The number of hydrogen-bond acceptors (Lipinski definition) is 2. The van der Waals surface area contributed by atoms with Crippen LogP contribution in [0, 0.1) is 18.5 Å². The van der Waals surface area contributed by atoms with E-state index in [0.717, 1.165) is 50.0 Å². The van der Waals surface area contributed by atoms with Crippen LogP contribution in [0.3, 0.4) is 0 Å². The van der Waals surface area contributed by atoms with E-state index < -0.39 is 5.41 Å². The number of rotatable bonds is 4. The fourth-order valence-corrected chi connectivity index (χ4v) is 13.3. The number of aryl methyl sites for hydroxylation is 1. The van der Waals surface area contributed by atoms with Gasteiger partial charge in [-0.2, -0.15) is 12.1 Å². The van der Waals surface area contributed by atoms with Gasteiger partial charge in [-0.25, -0.2) is 4.98 Å². The zero-order valence-electron chi connectivity index (χ0n) is 47.5. The third kappa shape index (κ3) is 7.39. The topological polar surface area (TPSA) is 40.8 Å². The number of fused-ring (bicyclic) bond motifs is 15. The first-order valence-corrected chi connectivity index (χ1v) is 27.6. The van der Waals surface area contributed by atoms with Crippen molar-refractivity contribution in [1.29, 1.82) is 0 Å². The van der Waals surface area contributed by atoms with Crippen LogP contribution >= 0.6 is 0 Å². The van der Waals surface area contributed by atoms with E-state index in [-0.39, 0.29) is 42.7 Å². The fourth-order valence-electron chi connectivity index (χ4n) is 13.3.